The van der Waals surface area contributed by atoms with Gasteiger partial charge in [-0.15, -0.1) is 0 Å². The third-order valence-corrected chi connectivity index (χ3v) is 5.87. The van der Waals surface area contributed by atoms with Crippen molar-refractivity contribution in [1.82, 2.24) is 14.9 Å². The highest BCUT2D eigenvalue weighted by molar-refractivity contribution is 5.92. The minimum atomic E-state index is -0.877. The number of carboxylic acid groups (broad SMARTS) is 1. The molecule has 2 aromatic rings. The number of fused-ring (bicyclic) bond motifs is 1. The summed E-state index contributed by atoms with van der Waals surface area (Å²) >= 11 is 0. The Kier molecular flexibility index (Phi) is 3.42. The third-order valence-electron chi connectivity index (χ3n) is 5.87. The van der Waals surface area contributed by atoms with Crippen LogP contribution in [-0.2, 0) is 9.59 Å². The molecule has 6 nitrogen and oxygen atoms in total. The molecular weight excluding hydrogens is 318 g/mol. The molecule has 1 aliphatic heterocycles. The summed E-state index contributed by atoms with van der Waals surface area (Å²) < 4.78 is 0. The number of carboxylic acids is 1. The summed E-state index contributed by atoms with van der Waals surface area (Å²) in [5, 5.41) is 9.37. The topological polar surface area (TPSA) is 86.3 Å². The van der Waals surface area contributed by atoms with E-state index in [9.17, 15) is 14.7 Å². The zero-order chi connectivity index (χ0) is 17.9. The Balaban J connectivity index is 1.62. The number of likely N-dealkylation sites (tertiary alicyclic amines) is 1. The first-order valence-electron chi connectivity index (χ1n) is 8.80. The van der Waals surface area contributed by atoms with Crippen LogP contribution in [0.5, 0.6) is 0 Å². The highest BCUT2D eigenvalue weighted by Gasteiger charge is 2.67. The Morgan fingerprint density at radius 1 is 1.32 bits per heavy atom. The molecule has 25 heavy (non-hydrogen) atoms. The number of imidazole rings is 1. The predicted molar refractivity (Wildman–Crippen MR) is 92.9 cm³/mol. The maximum Gasteiger partial charge on any atom is 0.307 e. The van der Waals surface area contributed by atoms with Gasteiger partial charge in [-0.05, 0) is 42.9 Å². The van der Waals surface area contributed by atoms with Crippen molar-refractivity contribution in [2.45, 2.75) is 39.7 Å². The molecule has 0 bridgehead atoms. The summed E-state index contributed by atoms with van der Waals surface area (Å²) in [6, 6.07) is 5.97. The molecule has 1 aliphatic carbocycles. The molecule has 6 heteroatoms. The number of aliphatic carboxylic acids is 1. The van der Waals surface area contributed by atoms with E-state index in [1.807, 2.05) is 37.8 Å². The maximum atomic E-state index is 13.0. The van der Waals surface area contributed by atoms with E-state index in [-0.39, 0.29) is 11.9 Å². The van der Waals surface area contributed by atoms with Gasteiger partial charge in [0.2, 0.25) is 5.91 Å². The standard InChI is InChI=1S/C19H23N3O3/c1-10-6-7-11-12(9-10)21-16(20-11)13-5-4-8-22(13)17(23)14-15(18(24)25)19(14,2)3/h6-7,9,13-15H,4-5,8H2,1-3H3,(H,20,21)(H,24,25)/t13?,14-,15+/m0/s1. The van der Waals surface area contributed by atoms with Crippen molar-refractivity contribution in [1.29, 1.82) is 0 Å². The number of rotatable bonds is 3. The van der Waals surface area contributed by atoms with Gasteiger partial charge in [0.1, 0.15) is 5.82 Å². The van der Waals surface area contributed by atoms with Crippen LogP contribution < -0.4 is 0 Å². The van der Waals surface area contributed by atoms with Gasteiger partial charge in [-0.2, -0.15) is 0 Å². The SMILES string of the molecule is Cc1ccc2nc(C3CCCN3C(=O)[C@@H]3[C@H](C(=O)O)C3(C)C)[nH]c2c1. The molecule has 1 aromatic heterocycles. The van der Waals surface area contributed by atoms with Gasteiger partial charge in [0, 0.05) is 6.54 Å². The van der Waals surface area contributed by atoms with Crippen LogP contribution in [0, 0.1) is 24.2 Å². The first-order chi connectivity index (χ1) is 11.8. The van der Waals surface area contributed by atoms with Crippen molar-refractivity contribution in [3.8, 4) is 0 Å². The number of aromatic nitrogens is 2. The summed E-state index contributed by atoms with van der Waals surface area (Å²) in [7, 11) is 0. The van der Waals surface area contributed by atoms with Gasteiger partial charge in [-0.1, -0.05) is 19.9 Å². The Labute approximate surface area is 146 Å². The Bertz CT molecular complexity index is 870. The van der Waals surface area contributed by atoms with Gasteiger partial charge in [0.05, 0.1) is 28.9 Å². The summed E-state index contributed by atoms with van der Waals surface area (Å²) in [5.74, 6) is -1.14. The van der Waals surface area contributed by atoms with Crippen LogP contribution in [0.3, 0.4) is 0 Å². The zero-order valence-electron chi connectivity index (χ0n) is 14.7. The Hall–Kier alpha value is -2.37. The first kappa shape index (κ1) is 16.1. The van der Waals surface area contributed by atoms with Crippen LogP contribution in [0.15, 0.2) is 18.2 Å². The molecule has 1 saturated carbocycles. The van der Waals surface area contributed by atoms with Crippen LogP contribution in [-0.4, -0.2) is 38.4 Å². The second kappa shape index (κ2) is 5.31. The maximum absolute atomic E-state index is 13.0. The molecule has 1 unspecified atom stereocenters. The highest BCUT2D eigenvalue weighted by Crippen LogP contribution is 2.59. The average molecular weight is 341 g/mol. The fourth-order valence-corrected chi connectivity index (χ4v) is 4.35. The molecule has 4 rings (SSSR count). The summed E-state index contributed by atoms with van der Waals surface area (Å²) in [5.41, 5.74) is 2.56. The lowest BCUT2D eigenvalue weighted by molar-refractivity contribution is -0.142. The van der Waals surface area contributed by atoms with Crippen molar-refractivity contribution < 1.29 is 14.7 Å². The summed E-state index contributed by atoms with van der Waals surface area (Å²) in [4.78, 5) is 34.3. The Morgan fingerprint density at radius 2 is 2.08 bits per heavy atom. The van der Waals surface area contributed by atoms with Gasteiger partial charge in [0.25, 0.3) is 0 Å². The number of aryl methyl sites for hydroxylation is 1. The normalized spacial score (nSPS) is 27.6. The quantitative estimate of drug-likeness (QED) is 0.899. The molecule has 2 fully saturated rings. The van der Waals surface area contributed by atoms with E-state index >= 15 is 0 Å². The van der Waals surface area contributed by atoms with Gasteiger partial charge in [0.15, 0.2) is 0 Å². The summed E-state index contributed by atoms with van der Waals surface area (Å²) in [6.45, 7) is 6.43. The Morgan fingerprint density at radius 3 is 2.76 bits per heavy atom. The highest BCUT2D eigenvalue weighted by atomic mass is 16.4. The molecule has 2 N–H and O–H groups in total. The number of benzene rings is 1. The van der Waals surface area contributed by atoms with Crippen molar-refractivity contribution in [2.75, 3.05) is 6.54 Å². The van der Waals surface area contributed by atoms with E-state index in [1.165, 1.54) is 0 Å². The number of nitrogens with zero attached hydrogens (tertiary/aromatic N) is 2. The second-order valence-electron chi connectivity index (χ2n) is 7.95. The largest absolute Gasteiger partial charge is 0.481 e. The molecule has 0 spiro atoms. The van der Waals surface area contributed by atoms with Crippen LogP contribution >= 0.6 is 0 Å². The lowest BCUT2D eigenvalue weighted by atomic mass is 10.1. The molecule has 1 saturated heterocycles. The molecule has 132 valence electrons. The number of amides is 1. The van der Waals surface area contributed by atoms with E-state index < -0.39 is 23.2 Å². The molecule has 2 heterocycles. The minimum absolute atomic E-state index is 0.0449. The van der Waals surface area contributed by atoms with Crippen molar-refractivity contribution in [2.24, 2.45) is 17.3 Å². The van der Waals surface area contributed by atoms with Crippen molar-refractivity contribution in [3.05, 3.63) is 29.6 Å². The van der Waals surface area contributed by atoms with Crippen LogP contribution in [0.25, 0.3) is 11.0 Å². The second-order valence-corrected chi connectivity index (χ2v) is 7.95. The van der Waals surface area contributed by atoms with Crippen molar-refractivity contribution in [3.63, 3.8) is 0 Å². The molecule has 2 aliphatic rings. The predicted octanol–water partition coefficient (Wildman–Crippen LogP) is 2.89. The van der Waals surface area contributed by atoms with Gasteiger partial charge >= 0.3 is 5.97 Å². The van der Waals surface area contributed by atoms with Crippen LogP contribution in [0.1, 0.15) is 44.1 Å². The number of aromatic amines is 1. The first-order valence-corrected chi connectivity index (χ1v) is 8.80. The molecule has 1 aromatic carbocycles. The molecular formula is C19H23N3O3. The van der Waals surface area contributed by atoms with Gasteiger partial charge < -0.3 is 15.0 Å². The number of H-pyrrole nitrogens is 1. The van der Waals surface area contributed by atoms with E-state index in [1.54, 1.807) is 0 Å². The lowest BCUT2D eigenvalue weighted by Crippen LogP contribution is -2.33. The van der Waals surface area contributed by atoms with Crippen LogP contribution in [0.2, 0.25) is 0 Å². The lowest BCUT2D eigenvalue weighted by Gasteiger charge is -2.24. The number of carbonyl (C=O) groups is 2. The number of nitrogens with one attached hydrogen (secondary N) is 1. The fourth-order valence-electron chi connectivity index (χ4n) is 4.35. The van der Waals surface area contributed by atoms with Crippen LogP contribution in [0.4, 0.5) is 0 Å². The minimum Gasteiger partial charge on any atom is -0.481 e. The third kappa shape index (κ3) is 2.42. The molecule has 3 atom stereocenters. The smallest absolute Gasteiger partial charge is 0.307 e. The molecule has 0 radical (unpaired) electrons. The average Bonchev–Trinajstić information content (AvgIpc) is 2.92. The summed E-state index contributed by atoms with van der Waals surface area (Å²) in [6.07, 6.45) is 1.77. The van der Waals surface area contributed by atoms with Gasteiger partial charge in [-0.3, -0.25) is 9.59 Å². The van der Waals surface area contributed by atoms with E-state index in [2.05, 4.69) is 16.0 Å². The fraction of sp³-hybridized carbons (Fsp3) is 0.526. The number of hydrogen-bond donors (Lipinski definition) is 2. The van der Waals surface area contributed by atoms with Crippen molar-refractivity contribution >= 4 is 22.9 Å². The monoisotopic (exact) mass is 341 g/mol. The number of carbonyl (C=O) groups excluding carboxylic acids is 1. The van der Waals surface area contributed by atoms with E-state index in [0.29, 0.717) is 6.54 Å². The zero-order valence-corrected chi connectivity index (χ0v) is 14.7. The molecule has 1 amide bonds. The van der Waals surface area contributed by atoms with E-state index in [0.717, 1.165) is 35.3 Å². The number of hydrogen-bond acceptors (Lipinski definition) is 3. The van der Waals surface area contributed by atoms with Gasteiger partial charge in [-0.25, -0.2) is 4.98 Å². The van der Waals surface area contributed by atoms with E-state index in [4.69, 9.17) is 0 Å².